The van der Waals surface area contributed by atoms with Gasteiger partial charge in [-0.15, -0.1) is 0 Å². The first-order valence-electron chi connectivity index (χ1n) is 10.1. The monoisotopic (exact) mass is 411 g/mol. The molecule has 0 saturated heterocycles. The number of amides is 1. The molecule has 0 N–H and O–H groups in total. The van der Waals surface area contributed by atoms with Gasteiger partial charge in [0.1, 0.15) is 5.75 Å². The van der Waals surface area contributed by atoms with Crippen molar-refractivity contribution in [3.8, 4) is 5.75 Å². The standard InChI is InChI=1S/C23H29N3O2S/c1-5-25(6-2)14-15-26(21(27)16-18-10-12-19(28-4)13-11-18)23-24-22-17(3)8-7-9-20(22)29-23/h7-13H,5-6,14-16H2,1-4H3. The fourth-order valence-electron chi connectivity index (χ4n) is 3.31. The van der Waals surface area contributed by atoms with Crippen molar-refractivity contribution in [2.45, 2.75) is 27.2 Å². The molecule has 1 aromatic heterocycles. The van der Waals surface area contributed by atoms with Gasteiger partial charge in [-0.3, -0.25) is 9.69 Å². The van der Waals surface area contributed by atoms with E-state index in [9.17, 15) is 4.79 Å². The van der Waals surface area contributed by atoms with Gasteiger partial charge >= 0.3 is 0 Å². The van der Waals surface area contributed by atoms with Crippen LogP contribution >= 0.6 is 11.3 Å². The third kappa shape index (κ3) is 5.14. The summed E-state index contributed by atoms with van der Waals surface area (Å²) in [5, 5.41) is 0.778. The minimum Gasteiger partial charge on any atom is -0.497 e. The number of rotatable bonds is 9. The van der Waals surface area contributed by atoms with E-state index in [0.717, 1.165) is 51.9 Å². The molecule has 1 amide bonds. The zero-order chi connectivity index (χ0) is 20.8. The maximum absolute atomic E-state index is 13.3. The van der Waals surface area contributed by atoms with Crippen molar-refractivity contribution in [3.63, 3.8) is 0 Å². The van der Waals surface area contributed by atoms with Crippen LogP contribution in [0, 0.1) is 6.92 Å². The van der Waals surface area contributed by atoms with Crippen LogP contribution in [-0.4, -0.2) is 49.1 Å². The van der Waals surface area contributed by atoms with Gasteiger partial charge in [0, 0.05) is 13.1 Å². The molecule has 0 saturated carbocycles. The lowest BCUT2D eigenvalue weighted by atomic mass is 10.1. The lowest BCUT2D eigenvalue weighted by Crippen LogP contribution is -2.39. The Labute approximate surface area is 176 Å². The fraction of sp³-hybridized carbons (Fsp3) is 0.391. The first-order valence-corrected chi connectivity index (χ1v) is 10.9. The average Bonchev–Trinajstić information content (AvgIpc) is 3.17. The predicted octanol–water partition coefficient (Wildman–Crippen LogP) is 4.53. The summed E-state index contributed by atoms with van der Waals surface area (Å²) in [6, 6.07) is 13.8. The molecule has 3 rings (SSSR count). The van der Waals surface area contributed by atoms with Gasteiger partial charge in [0.15, 0.2) is 5.13 Å². The molecule has 0 aliphatic heterocycles. The summed E-state index contributed by atoms with van der Waals surface area (Å²) in [5.41, 5.74) is 3.09. The quantitative estimate of drug-likeness (QED) is 0.519. The molecule has 0 unspecified atom stereocenters. The summed E-state index contributed by atoms with van der Waals surface area (Å²) in [7, 11) is 1.64. The number of thiazole rings is 1. The normalized spacial score (nSPS) is 11.2. The van der Waals surface area contributed by atoms with E-state index in [-0.39, 0.29) is 5.91 Å². The Morgan fingerprint density at radius 3 is 2.41 bits per heavy atom. The number of hydrogen-bond donors (Lipinski definition) is 0. The van der Waals surface area contributed by atoms with Crippen molar-refractivity contribution in [2.24, 2.45) is 0 Å². The van der Waals surface area contributed by atoms with Crippen LogP contribution in [0.4, 0.5) is 5.13 Å². The van der Waals surface area contributed by atoms with Crippen LogP contribution in [0.2, 0.25) is 0 Å². The van der Waals surface area contributed by atoms with E-state index in [4.69, 9.17) is 9.72 Å². The van der Waals surface area contributed by atoms with E-state index >= 15 is 0 Å². The minimum absolute atomic E-state index is 0.0685. The molecular weight excluding hydrogens is 382 g/mol. The number of aromatic nitrogens is 1. The Bertz CT molecular complexity index is 948. The smallest absolute Gasteiger partial charge is 0.233 e. The van der Waals surface area contributed by atoms with Gasteiger partial charge in [0.25, 0.3) is 0 Å². The molecule has 5 nitrogen and oxygen atoms in total. The number of carbonyl (C=O) groups excluding carboxylic acids is 1. The van der Waals surface area contributed by atoms with Gasteiger partial charge in [-0.1, -0.05) is 49.4 Å². The molecule has 29 heavy (non-hydrogen) atoms. The van der Waals surface area contributed by atoms with Crippen LogP contribution in [0.15, 0.2) is 42.5 Å². The summed E-state index contributed by atoms with van der Waals surface area (Å²) in [5.74, 6) is 0.861. The zero-order valence-corrected chi connectivity index (χ0v) is 18.5. The highest BCUT2D eigenvalue weighted by molar-refractivity contribution is 7.22. The Morgan fingerprint density at radius 2 is 1.79 bits per heavy atom. The molecule has 154 valence electrons. The fourth-order valence-corrected chi connectivity index (χ4v) is 4.40. The maximum atomic E-state index is 13.3. The molecule has 6 heteroatoms. The van der Waals surface area contributed by atoms with Crippen molar-refractivity contribution in [3.05, 3.63) is 53.6 Å². The number of anilines is 1. The SMILES string of the molecule is CCN(CC)CCN(C(=O)Cc1ccc(OC)cc1)c1nc2c(C)cccc2s1. The topological polar surface area (TPSA) is 45.7 Å². The summed E-state index contributed by atoms with van der Waals surface area (Å²) < 4.78 is 6.33. The lowest BCUT2D eigenvalue weighted by Gasteiger charge is -2.24. The largest absolute Gasteiger partial charge is 0.497 e. The van der Waals surface area contributed by atoms with Gasteiger partial charge in [0.2, 0.25) is 5.91 Å². The molecular formula is C23H29N3O2S. The Kier molecular flexibility index (Phi) is 7.23. The van der Waals surface area contributed by atoms with E-state index in [0.29, 0.717) is 13.0 Å². The Hall–Kier alpha value is -2.44. The van der Waals surface area contributed by atoms with Crippen LogP contribution in [0.3, 0.4) is 0 Å². The van der Waals surface area contributed by atoms with Crippen LogP contribution in [0.5, 0.6) is 5.75 Å². The zero-order valence-electron chi connectivity index (χ0n) is 17.6. The van der Waals surface area contributed by atoms with Crippen molar-refractivity contribution >= 4 is 32.6 Å². The first-order chi connectivity index (χ1) is 14.0. The minimum atomic E-state index is 0.0685. The highest BCUT2D eigenvalue weighted by Gasteiger charge is 2.21. The second-order valence-electron chi connectivity index (χ2n) is 7.02. The van der Waals surface area contributed by atoms with Gasteiger partial charge in [0.05, 0.1) is 23.7 Å². The van der Waals surface area contributed by atoms with Crippen LogP contribution in [0.25, 0.3) is 10.2 Å². The van der Waals surface area contributed by atoms with E-state index in [1.165, 1.54) is 0 Å². The van der Waals surface area contributed by atoms with Crippen molar-refractivity contribution < 1.29 is 9.53 Å². The average molecular weight is 412 g/mol. The molecule has 1 heterocycles. The number of fused-ring (bicyclic) bond motifs is 1. The molecule has 0 aliphatic carbocycles. The van der Waals surface area contributed by atoms with E-state index in [1.54, 1.807) is 18.4 Å². The number of para-hydroxylation sites is 1. The number of carbonyl (C=O) groups is 1. The molecule has 0 fully saturated rings. The van der Waals surface area contributed by atoms with Crippen molar-refractivity contribution in [1.82, 2.24) is 9.88 Å². The number of nitrogens with zero attached hydrogens (tertiary/aromatic N) is 3. The molecule has 0 bridgehead atoms. The summed E-state index contributed by atoms with van der Waals surface area (Å²) >= 11 is 1.59. The van der Waals surface area contributed by atoms with Crippen LogP contribution < -0.4 is 9.64 Å². The first kappa shape index (κ1) is 21.3. The molecule has 2 aromatic carbocycles. The number of likely N-dealkylation sites (N-methyl/N-ethyl adjacent to an activating group) is 1. The maximum Gasteiger partial charge on any atom is 0.233 e. The van der Waals surface area contributed by atoms with E-state index < -0.39 is 0 Å². The van der Waals surface area contributed by atoms with Crippen molar-refractivity contribution in [1.29, 1.82) is 0 Å². The molecule has 0 spiro atoms. The van der Waals surface area contributed by atoms with Gasteiger partial charge in [-0.2, -0.15) is 0 Å². The number of methoxy groups -OCH3 is 1. The lowest BCUT2D eigenvalue weighted by molar-refractivity contribution is -0.118. The molecule has 0 aliphatic rings. The predicted molar refractivity (Wildman–Crippen MR) is 121 cm³/mol. The third-order valence-corrected chi connectivity index (χ3v) is 6.23. The number of ether oxygens (including phenoxy) is 1. The van der Waals surface area contributed by atoms with Gasteiger partial charge in [-0.05, 0) is 49.3 Å². The van der Waals surface area contributed by atoms with Gasteiger partial charge < -0.3 is 9.64 Å². The molecule has 3 aromatic rings. The third-order valence-electron chi connectivity index (χ3n) is 5.19. The van der Waals surface area contributed by atoms with Crippen molar-refractivity contribution in [2.75, 3.05) is 38.2 Å². The molecule has 0 atom stereocenters. The number of benzene rings is 2. The highest BCUT2D eigenvalue weighted by atomic mass is 32.1. The molecule has 0 radical (unpaired) electrons. The Balaban J connectivity index is 1.86. The Morgan fingerprint density at radius 1 is 1.07 bits per heavy atom. The number of hydrogen-bond acceptors (Lipinski definition) is 5. The summed E-state index contributed by atoms with van der Waals surface area (Å²) in [6.45, 7) is 9.76. The van der Waals surface area contributed by atoms with Crippen LogP contribution in [0.1, 0.15) is 25.0 Å². The number of aryl methyl sites for hydroxylation is 1. The van der Waals surface area contributed by atoms with Crippen LogP contribution in [-0.2, 0) is 11.2 Å². The summed E-state index contributed by atoms with van der Waals surface area (Å²) in [6.07, 6.45) is 0.344. The highest BCUT2D eigenvalue weighted by Crippen LogP contribution is 2.31. The van der Waals surface area contributed by atoms with E-state index in [1.807, 2.05) is 35.2 Å². The second kappa shape index (κ2) is 9.85. The van der Waals surface area contributed by atoms with Gasteiger partial charge in [-0.25, -0.2) is 4.98 Å². The summed E-state index contributed by atoms with van der Waals surface area (Å²) in [4.78, 5) is 22.3. The second-order valence-corrected chi connectivity index (χ2v) is 8.02. The van der Waals surface area contributed by atoms with E-state index in [2.05, 4.69) is 37.8 Å².